The van der Waals surface area contributed by atoms with E-state index in [0.29, 0.717) is 12.5 Å². The van der Waals surface area contributed by atoms with Gasteiger partial charge in [0.25, 0.3) is 0 Å². The van der Waals surface area contributed by atoms with Gasteiger partial charge in [-0.2, -0.15) is 0 Å². The van der Waals surface area contributed by atoms with Crippen molar-refractivity contribution < 1.29 is 4.79 Å². The summed E-state index contributed by atoms with van der Waals surface area (Å²) in [5.41, 5.74) is 3.30. The van der Waals surface area contributed by atoms with Gasteiger partial charge in [-0.25, -0.2) is 0 Å². The molecule has 0 bridgehead atoms. The molecular weight excluding hydrogens is 320 g/mol. The Morgan fingerprint density at radius 1 is 1.00 bits per heavy atom. The molecule has 136 valence electrons. The van der Waals surface area contributed by atoms with Gasteiger partial charge in [0.1, 0.15) is 0 Å². The lowest BCUT2D eigenvalue weighted by molar-refractivity contribution is 0.0980. The van der Waals surface area contributed by atoms with Crippen LogP contribution < -0.4 is 5.32 Å². The second kappa shape index (κ2) is 8.81. The van der Waals surface area contributed by atoms with E-state index in [1.54, 1.807) is 0 Å². The van der Waals surface area contributed by atoms with Gasteiger partial charge in [0.2, 0.25) is 0 Å². The molecule has 1 atom stereocenters. The normalized spacial score (nSPS) is 12.4. The first-order chi connectivity index (χ1) is 12.7. The van der Waals surface area contributed by atoms with Crippen LogP contribution in [0.3, 0.4) is 0 Å². The summed E-state index contributed by atoms with van der Waals surface area (Å²) in [6.45, 7) is 3.18. The van der Waals surface area contributed by atoms with E-state index in [1.165, 1.54) is 5.56 Å². The average Bonchev–Trinajstić information content (AvgIpc) is 3.02. The van der Waals surface area contributed by atoms with E-state index < -0.39 is 0 Å². The van der Waals surface area contributed by atoms with Gasteiger partial charge >= 0.3 is 0 Å². The number of aryl methyl sites for hydroxylation is 1. The molecule has 3 aromatic rings. The number of nitrogens with one attached hydrogen (secondary N) is 1. The van der Waals surface area contributed by atoms with Gasteiger partial charge in [0.05, 0.1) is 0 Å². The van der Waals surface area contributed by atoms with E-state index in [-0.39, 0.29) is 5.78 Å². The van der Waals surface area contributed by atoms with E-state index in [0.717, 1.165) is 42.3 Å². The minimum absolute atomic E-state index is 0.257. The molecule has 0 aliphatic heterocycles. The molecule has 1 heterocycles. The van der Waals surface area contributed by atoms with E-state index in [9.17, 15) is 4.79 Å². The standard InChI is InChI=1S/C23H28N2O/c1-18(19-11-5-3-6-12-19)24-16-10-4-7-15-23(26)21-17-25(2)22-14-9-8-13-20(21)22/h3,5-6,8-9,11-14,17-18,24H,4,7,10,15-16H2,1-2H3. The molecule has 2 aromatic carbocycles. The minimum atomic E-state index is 0.257. The van der Waals surface area contributed by atoms with E-state index in [4.69, 9.17) is 0 Å². The maximum Gasteiger partial charge on any atom is 0.165 e. The predicted molar refractivity (Wildman–Crippen MR) is 109 cm³/mol. The number of benzene rings is 2. The second-order valence-corrected chi connectivity index (χ2v) is 6.99. The summed E-state index contributed by atoms with van der Waals surface area (Å²) >= 11 is 0. The molecule has 0 saturated heterocycles. The third-order valence-electron chi connectivity index (χ3n) is 5.03. The Bertz CT molecular complexity index is 851. The van der Waals surface area contributed by atoms with Crippen molar-refractivity contribution in [3.8, 4) is 0 Å². The van der Waals surface area contributed by atoms with E-state index in [1.807, 2.05) is 42.1 Å². The SMILES string of the molecule is CC(NCCCCCC(=O)c1cn(C)c2ccccc12)c1ccccc1. The van der Waals surface area contributed by atoms with Gasteiger partial charge < -0.3 is 9.88 Å². The van der Waals surface area contributed by atoms with Crippen molar-refractivity contribution in [1.29, 1.82) is 0 Å². The van der Waals surface area contributed by atoms with E-state index >= 15 is 0 Å². The number of fused-ring (bicyclic) bond motifs is 1. The third-order valence-corrected chi connectivity index (χ3v) is 5.03. The first kappa shape index (κ1) is 18.4. The van der Waals surface area contributed by atoms with Crippen molar-refractivity contribution in [1.82, 2.24) is 9.88 Å². The highest BCUT2D eigenvalue weighted by molar-refractivity contribution is 6.08. The Morgan fingerprint density at radius 2 is 1.73 bits per heavy atom. The summed E-state index contributed by atoms with van der Waals surface area (Å²) in [7, 11) is 2.00. The first-order valence-corrected chi connectivity index (χ1v) is 9.52. The monoisotopic (exact) mass is 348 g/mol. The number of carbonyl (C=O) groups excluding carboxylic acids is 1. The Balaban J connectivity index is 1.40. The van der Waals surface area contributed by atoms with Gasteiger partial charge in [0, 0.05) is 42.2 Å². The van der Waals surface area contributed by atoms with Crippen molar-refractivity contribution in [2.75, 3.05) is 6.54 Å². The molecule has 0 fully saturated rings. The van der Waals surface area contributed by atoms with Crippen molar-refractivity contribution in [2.45, 2.75) is 38.6 Å². The number of aromatic nitrogens is 1. The predicted octanol–water partition coefficient (Wildman–Crippen LogP) is 5.27. The smallest absolute Gasteiger partial charge is 0.165 e. The number of nitrogens with zero attached hydrogens (tertiary/aromatic N) is 1. The van der Waals surface area contributed by atoms with Crippen LogP contribution in [0.5, 0.6) is 0 Å². The zero-order valence-electron chi connectivity index (χ0n) is 15.7. The lowest BCUT2D eigenvalue weighted by atomic mass is 10.0. The van der Waals surface area contributed by atoms with E-state index in [2.05, 4.69) is 42.6 Å². The molecule has 0 radical (unpaired) electrons. The Kier molecular flexibility index (Phi) is 6.24. The highest BCUT2D eigenvalue weighted by Gasteiger charge is 2.13. The van der Waals surface area contributed by atoms with Gasteiger partial charge in [-0.05, 0) is 37.9 Å². The van der Waals surface area contributed by atoms with Crippen LogP contribution in [-0.2, 0) is 7.05 Å². The van der Waals surface area contributed by atoms with Gasteiger partial charge in [-0.3, -0.25) is 4.79 Å². The summed E-state index contributed by atoms with van der Waals surface area (Å²) in [6, 6.07) is 19.0. The number of Topliss-reactive ketones (excluding diaryl/α,β-unsaturated/α-hetero) is 1. The molecular formula is C23H28N2O. The zero-order chi connectivity index (χ0) is 18.4. The molecule has 26 heavy (non-hydrogen) atoms. The fraction of sp³-hybridized carbons (Fsp3) is 0.348. The van der Waals surface area contributed by atoms with Crippen molar-refractivity contribution in [2.24, 2.45) is 7.05 Å². The first-order valence-electron chi connectivity index (χ1n) is 9.52. The zero-order valence-corrected chi connectivity index (χ0v) is 15.7. The van der Waals surface area contributed by atoms with Crippen LogP contribution in [0.15, 0.2) is 60.8 Å². The fourth-order valence-corrected chi connectivity index (χ4v) is 3.46. The maximum absolute atomic E-state index is 12.6. The summed E-state index contributed by atoms with van der Waals surface area (Å²) < 4.78 is 2.04. The van der Waals surface area contributed by atoms with Crippen LogP contribution in [0.1, 0.15) is 54.6 Å². The van der Waals surface area contributed by atoms with Crippen LogP contribution in [0.25, 0.3) is 10.9 Å². The van der Waals surface area contributed by atoms with Crippen LogP contribution >= 0.6 is 0 Å². The maximum atomic E-state index is 12.6. The van der Waals surface area contributed by atoms with Gasteiger partial charge in [-0.1, -0.05) is 55.0 Å². The Hall–Kier alpha value is -2.39. The highest BCUT2D eigenvalue weighted by atomic mass is 16.1. The molecule has 0 saturated carbocycles. The van der Waals surface area contributed by atoms with Crippen LogP contribution in [-0.4, -0.2) is 16.9 Å². The quantitative estimate of drug-likeness (QED) is 0.422. The number of rotatable bonds is 9. The fourth-order valence-electron chi connectivity index (χ4n) is 3.46. The Labute approximate surface area is 156 Å². The average molecular weight is 348 g/mol. The molecule has 3 nitrogen and oxygen atoms in total. The molecule has 0 aliphatic carbocycles. The molecule has 1 unspecified atom stereocenters. The molecule has 3 heteroatoms. The number of unbranched alkanes of at least 4 members (excludes halogenated alkanes) is 2. The molecule has 1 aromatic heterocycles. The lowest BCUT2D eigenvalue weighted by Gasteiger charge is -2.13. The van der Waals surface area contributed by atoms with Crippen LogP contribution in [0, 0.1) is 0 Å². The third kappa shape index (κ3) is 4.41. The van der Waals surface area contributed by atoms with Gasteiger partial charge in [-0.15, -0.1) is 0 Å². The minimum Gasteiger partial charge on any atom is -0.350 e. The number of carbonyl (C=O) groups is 1. The number of hydrogen-bond acceptors (Lipinski definition) is 2. The topological polar surface area (TPSA) is 34.0 Å². The molecule has 0 amide bonds. The second-order valence-electron chi connectivity index (χ2n) is 6.99. The van der Waals surface area contributed by atoms with Crippen molar-refractivity contribution >= 4 is 16.7 Å². The molecule has 3 rings (SSSR count). The number of hydrogen-bond donors (Lipinski definition) is 1. The van der Waals surface area contributed by atoms with Crippen molar-refractivity contribution in [3.05, 3.63) is 71.9 Å². The highest BCUT2D eigenvalue weighted by Crippen LogP contribution is 2.22. The van der Waals surface area contributed by atoms with Gasteiger partial charge in [0.15, 0.2) is 5.78 Å². The number of ketones is 1. The summed E-state index contributed by atoms with van der Waals surface area (Å²) in [5, 5.41) is 4.63. The van der Waals surface area contributed by atoms with Crippen LogP contribution in [0.2, 0.25) is 0 Å². The molecule has 1 N–H and O–H groups in total. The summed E-state index contributed by atoms with van der Waals surface area (Å²) in [4.78, 5) is 12.6. The summed E-state index contributed by atoms with van der Waals surface area (Å²) in [5.74, 6) is 0.257. The molecule has 0 spiro atoms. The van der Waals surface area contributed by atoms with Crippen molar-refractivity contribution in [3.63, 3.8) is 0 Å². The number of para-hydroxylation sites is 1. The lowest BCUT2D eigenvalue weighted by Crippen LogP contribution is -2.19. The largest absolute Gasteiger partial charge is 0.350 e. The molecule has 0 aliphatic rings. The summed E-state index contributed by atoms with van der Waals surface area (Å²) in [6.07, 6.45) is 5.72. The van der Waals surface area contributed by atoms with Crippen LogP contribution in [0.4, 0.5) is 0 Å². The Morgan fingerprint density at radius 3 is 2.54 bits per heavy atom.